The number of hydrogen-bond acceptors (Lipinski definition) is 3. The van der Waals surface area contributed by atoms with E-state index in [-0.39, 0.29) is 6.09 Å². The summed E-state index contributed by atoms with van der Waals surface area (Å²) in [6.45, 7) is 1.60. The molecule has 0 unspecified atom stereocenters. The number of hydrogen-bond donors (Lipinski definition) is 1. The number of rotatable bonds is 4. The molecule has 1 heterocycles. The third-order valence-corrected chi connectivity index (χ3v) is 4.22. The van der Waals surface area contributed by atoms with Crippen LogP contribution < -0.4 is 5.32 Å². The molecule has 0 saturated heterocycles. The van der Waals surface area contributed by atoms with E-state index < -0.39 is 0 Å². The Balaban J connectivity index is 1.55. The fraction of sp³-hybridized carbons (Fsp3) is 0.250. The first kappa shape index (κ1) is 16.1. The van der Waals surface area contributed by atoms with Gasteiger partial charge in [0, 0.05) is 25.8 Å². The number of benzene rings is 2. The Kier molecular flexibility index (Phi) is 5.16. The normalized spacial score (nSPS) is 14.0. The van der Waals surface area contributed by atoms with Crippen molar-refractivity contribution in [1.82, 2.24) is 4.90 Å². The minimum Gasteiger partial charge on any atom is -0.445 e. The highest BCUT2D eigenvalue weighted by atomic mass is 16.6. The topological polar surface area (TPSA) is 41.6 Å². The van der Waals surface area contributed by atoms with E-state index in [9.17, 15) is 4.79 Å². The van der Waals surface area contributed by atoms with Crippen molar-refractivity contribution in [3.8, 4) is 0 Å². The van der Waals surface area contributed by atoms with Crippen molar-refractivity contribution in [2.45, 2.75) is 13.0 Å². The highest BCUT2D eigenvalue weighted by Gasteiger charge is 2.19. The molecular formula is C20H22N2O2. The van der Waals surface area contributed by atoms with Crippen LogP contribution in [0.5, 0.6) is 0 Å². The van der Waals surface area contributed by atoms with Crippen molar-refractivity contribution in [2.75, 3.05) is 25.5 Å². The molecule has 2 aromatic rings. The van der Waals surface area contributed by atoms with Gasteiger partial charge in [0.2, 0.25) is 0 Å². The molecule has 3 rings (SSSR count). The maximum absolute atomic E-state index is 12.2. The summed E-state index contributed by atoms with van der Waals surface area (Å²) in [5.41, 5.74) is 4.60. The summed E-state index contributed by atoms with van der Waals surface area (Å²) in [5.74, 6) is 0. The number of amides is 1. The Morgan fingerprint density at radius 2 is 1.88 bits per heavy atom. The van der Waals surface area contributed by atoms with Gasteiger partial charge >= 0.3 is 6.09 Å². The van der Waals surface area contributed by atoms with Gasteiger partial charge in [-0.3, -0.25) is 0 Å². The lowest BCUT2D eigenvalue weighted by atomic mass is 9.99. The maximum Gasteiger partial charge on any atom is 0.410 e. The van der Waals surface area contributed by atoms with Crippen LogP contribution in [0.3, 0.4) is 0 Å². The lowest BCUT2D eigenvalue weighted by molar-refractivity contribution is 0.0998. The summed E-state index contributed by atoms with van der Waals surface area (Å²) in [4.78, 5) is 13.9. The molecule has 0 spiro atoms. The zero-order valence-electron chi connectivity index (χ0n) is 13.9. The van der Waals surface area contributed by atoms with E-state index in [0.29, 0.717) is 19.7 Å². The summed E-state index contributed by atoms with van der Waals surface area (Å²) in [7, 11) is 1.91. The van der Waals surface area contributed by atoms with Crippen LogP contribution >= 0.6 is 0 Å². The summed E-state index contributed by atoms with van der Waals surface area (Å²) >= 11 is 0. The smallest absolute Gasteiger partial charge is 0.410 e. The quantitative estimate of drug-likeness (QED) is 0.919. The standard InChI is InChI=1S/C20H22N2O2/c1-21-19-9-7-17(8-10-19)18-11-13-22(14-12-18)20(23)24-15-16-5-3-2-4-6-16/h2-11,21H,12-15H2,1H3. The molecule has 1 aliphatic rings. The Morgan fingerprint density at radius 1 is 1.12 bits per heavy atom. The maximum atomic E-state index is 12.2. The first-order valence-corrected chi connectivity index (χ1v) is 8.19. The molecule has 124 valence electrons. The number of ether oxygens (including phenoxy) is 1. The molecule has 4 nitrogen and oxygen atoms in total. The average Bonchev–Trinajstić information content (AvgIpc) is 2.67. The van der Waals surface area contributed by atoms with Crippen LogP contribution in [0, 0.1) is 0 Å². The molecule has 0 radical (unpaired) electrons. The number of anilines is 1. The van der Waals surface area contributed by atoms with Gasteiger partial charge < -0.3 is 15.0 Å². The minimum atomic E-state index is -0.250. The Hall–Kier alpha value is -2.75. The SMILES string of the molecule is CNc1ccc(C2=CCN(C(=O)OCc3ccccc3)CC2)cc1. The number of carbonyl (C=O) groups is 1. The molecule has 0 aliphatic carbocycles. The highest BCUT2D eigenvalue weighted by molar-refractivity contribution is 5.73. The van der Waals surface area contributed by atoms with Gasteiger partial charge in [0.05, 0.1) is 0 Å². The second kappa shape index (κ2) is 7.68. The summed E-state index contributed by atoms with van der Waals surface area (Å²) in [6, 6.07) is 18.1. The van der Waals surface area contributed by atoms with Gasteiger partial charge in [-0.15, -0.1) is 0 Å². The van der Waals surface area contributed by atoms with Crippen LogP contribution in [-0.2, 0) is 11.3 Å². The lowest BCUT2D eigenvalue weighted by Crippen LogP contribution is -2.35. The monoisotopic (exact) mass is 322 g/mol. The van der Waals surface area contributed by atoms with Gasteiger partial charge in [0.25, 0.3) is 0 Å². The zero-order chi connectivity index (χ0) is 16.8. The van der Waals surface area contributed by atoms with Crippen molar-refractivity contribution < 1.29 is 9.53 Å². The molecule has 0 aromatic heterocycles. The van der Waals surface area contributed by atoms with Crippen LogP contribution in [0.1, 0.15) is 17.5 Å². The van der Waals surface area contributed by atoms with Gasteiger partial charge in [-0.25, -0.2) is 4.79 Å². The van der Waals surface area contributed by atoms with Gasteiger partial charge in [0.1, 0.15) is 6.61 Å². The number of carbonyl (C=O) groups excluding carboxylic acids is 1. The molecule has 0 fully saturated rings. The predicted molar refractivity (Wildman–Crippen MR) is 96.8 cm³/mol. The van der Waals surface area contributed by atoms with Gasteiger partial charge in [0.15, 0.2) is 0 Å². The summed E-state index contributed by atoms with van der Waals surface area (Å²) in [6.07, 6.45) is 2.71. The van der Waals surface area contributed by atoms with Crippen molar-refractivity contribution >= 4 is 17.4 Å². The second-order valence-electron chi connectivity index (χ2n) is 5.79. The molecule has 1 N–H and O–H groups in total. The predicted octanol–water partition coefficient (Wildman–Crippen LogP) is 4.15. The third-order valence-electron chi connectivity index (χ3n) is 4.22. The van der Waals surface area contributed by atoms with Crippen LogP contribution in [0.15, 0.2) is 60.7 Å². The summed E-state index contributed by atoms with van der Waals surface area (Å²) < 4.78 is 5.39. The van der Waals surface area contributed by atoms with Crippen LogP contribution in [0.4, 0.5) is 10.5 Å². The molecule has 4 heteroatoms. The molecule has 0 bridgehead atoms. The van der Waals surface area contributed by atoms with E-state index in [2.05, 4.69) is 35.7 Å². The van der Waals surface area contributed by atoms with E-state index in [0.717, 1.165) is 17.7 Å². The van der Waals surface area contributed by atoms with Crippen LogP contribution in [-0.4, -0.2) is 31.1 Å². The molecule has 24 heavy (non-hydrogen) atoms. The fourth-order valence-electron chi connectivity index (χ4n) is 2.76. The van der Waals surface area contributed by atoms with Crippen molar-refractivity contribution in [3.63, 3.8) is 0 Å². The van der Waals surface area contributed by atoms with Gasteiger partial charge in [-0.05, 0) is 35.3 Å². The third kappa shape index (κ3) is 3.96. The number of nitrogens with one attached hydrogen (secondary N) is 1. The molecule has 2 aromatic carbocycles. The molecular weight excluding hydrogens is 300 g/mol. The molecule has 0 atom stereocenters. The number of nitrogens with zero attached hydrogens (tertiary/aromatic N) is 1. The zero-order valence-corrected chi connectivity index (χ0v) is 13.9. The Morgan fingerprint density at radius 3 is 2.50 bits per heavy atom. The van der Waals surface area contributed by atoms with E-state index >= 15 is 0 Å². The van der Waals surface area contributed by atoms with E-state index in [1.807, 2.05) is 37.4 Å². The minimum absolute atomic E-state index is 0.250. The largest absolute Gasteiger partial charge is 0.445 e. The van der Waals surface area contributed by atoms with Gasteiger partial charge in [-0.2, -0.15) is 0 Å². The van der Waals surface area contributed by atoms with E-state index in [4.69, 9.17) is 4.74 Å². The first-order valence-electron chi connectivity index (χ1n) is 8.19. The van der Waals surface area contributed by atoms with E-state index in [1.165, 1.54) is 11.1 Å². The fourth-order valence-corrected chi connectivity index (χ4v) is 2.76. The Labute approximate surface area is 142 Å². The highest BCUT2D eigenvalue weighted by Crippen LogP contribution is 2.24. The molecule has 0 saturated carbocycles. The van der Waals surface area contributed by atoms with Crippen molar-refractivity contribution in [1.29, 1.82) is 0 Å². The van der Waals surface area contributed by atoms with Crippen LogP contribution in [0.25, 0.3) is 5.57 Å². The first-order chi connectivity index (χ1) is 11.8. The lowest BCUT2D eigenvalue weighted by Gasteiger charge is -2.26. The Bertz CT molecular complexity index is 708. The second-order valence-corrected chi connectivity index (χ2v) is 5.79. The van der Waals surface area contributed by atoms with Crippen molar-refractivity contribution in [3.05, 3.63) is 71.8 Å². The van der Waals surface area contributed by atoms with Gasteiger partial charge in [-0.1, -0.05) is 48.5 Å². The van der Waals surface area contributed by atoms with Crippen molar-refractivity contribution in [2.24, 2.45) is 0 Å². The molecule has 1 aliphatic heterocycles. The summed E-state index contributed by atoms with van der Waals surface area (Å²) in [5, 5.41) is 3.12. The van der Waals surface area contributed by atoms with Crippen LogP contribution in [0.2, 0.25) is 0 Å². The van der Waals surface area contributed by atoms with E-state index in [1.54, 1.807) is 4.90 Å². The molecule has 1 amide bonds. The average molecular weight is 322 g/mol.